The first kappa shape index (κ1) is 7.14. The van der Waals surface area contributed by atoms with Gasteiger partial charge in [-0.05, 0) is 25.2 Å². The van der Waals surface area contributed by atoms with Gasteiger partial charge in [-0.15, -0.1) is 0 Å². The van der Waals surface area contributed by atoms with Crippen LogP contribution in [0.15, 0.2) is 4.99 Å². The molecule has 1 aliphatic carbocycles. The summed E-state index contributed by atoms with van der Waals surface area (Å²) in [6, 6.07) is 0.595. The van der Waals surface area contributed by atoms with E-state index in [1.807, 2.05) is 0 Å². The molecule has 62 valence electrons. The molecular formula is C9H16N2. The monoisotopic (exact) mass is 152 g/mol. The van der Waals surface area contributed by atoms with Crippen LogP contribution in [0.25, 0.3) is 0 Å². The normalized spacial score (nSPS) is 37.6. The molecule has 0 saturated heterocycles. The Kier molecular flexibility index (Phi) is 1.84. The topological polar surface area (TPSA) is 38.4 Å². The Morgan fingerprint density at radius 2 is 2.00 bits per heavy atom. The van der Waals surface area contributed by atoms with Gasteiger partial charge in [0.05, 0.1) is 11.9 Å². The minimum absolute atomic E-state index is 0.595. The van der Waals surface area contributed by atoms with Gasteiger partial charge in [0.1, 0.15) is 0 Å². The highest BCUT2D eigenvalue weighted by atomic mass is 14.9. The number of rotatable bonds is 0. The van der Waals surface area contributed by atoms with E-state index in [0.717, 1.165) is 18.2 Å². The van der Waals surface area contributed by atoms with E-state index in [0.29, 0.717) is 6.04 Å². The van der Waals surface area contributed by atoms with Crippen molar-refractivity contribution in [1.29, 1.82) is 0 Å². The van der Waals surface area contributed by atoms with Gasteiger partial charge in [0.25, 0.3) is 0 Å². The summed E-state index contributed by atoms with van der Waals surface area (Å²) in [5, 5.41) is 0. The van der Waals surface area contributed by atoms with Crippen molar-refractivity contribution in [1.82, 2.24) is 0 Å². The van der Waals surface area contributed by atoms with Gasteiger partial charge in [-0.1, -0.05) is 12.8 Å². The molecule has 1 aliphatic heterocycles. The van der Waals surface area contributed by atoms with E-state index < -0.39 is 0 Å². The van der Waals surface area contributed by atoms with Crippen LogP contribution in [0.5, 0.6) is 0 Å². The number of hydrogen-bond acceptors (Lipinski definition) is 2. The zero-order chi connectivity index (χ0) is 7.68. The molecule has 0 radical (unpaired) electrons. The molecule has 11 heavy (non-hydrogen) atoms. The molecule has 1 saturated carbocycles. The standard InChI is InChI=1S/C9H16N2/c10-9-6-5-7-3-1-2-4-8(7)11-9/h7-8H,1-6H2,(H2,10,11)/t7-,8+/m0/s1. The van der Waals surface area contributed by atoms with E-state index in [9.17, 15) is 0 Å². The van der Waals surface area contributed by atoms with E-state index in [1.165, 1.54) is 32.1 Å². The van der Waals surface area contributed by atoms with Crippen LogP contribution >= 0.6 is 0 Å². The lowest BCUT2D eigenvalue weighted by molar-refractivity contribution is 0.286. The molecule has 0 unspecified atom stereocenters. The molecule has 2 nitrogen and oxygen atoms in total. The number of amidine groups is 1. The molecule has 2 aliphatic rings. The Bertz CT molecular complexity index is 174. The maximum absolute atomic E-state index is 5.69. The zero-order valence-corrected chi connectivity index (χ0v) is 6.92. The Morgan fingerprint density at radius 3 is 2.91 bits per heavy atom. The minimum Gasteiger partial charge on any atom is -0.387 e. The molecule has 0 aromatic rings. The SMILES string of the molecule is NC1=N[C@@H]2CCCC[C@H]2CC1. The predicted molar refractivity (Wildman–Crippen MR) is 46.6 cm³/mol. The maximum atomic E-state index is 5.69. The van der Waals surface area contributed by atoms with Crippen LogP contribution in [0, 0.1) is 5.92 Å². The lowest BCUT2D eigenvalue weighted by atomic mass is 9.80. The molecule has 0 bridgehead atoms. The highest BCUT2D eigenvalue weighted by Crippen LogP contribution is 2.32. The predicted octanol–water partition coefficient (Wildman–Crippen LogP) is 1.70. The fraction of sp³-hybridized carbons (Fsp3) is 0.889. The van der Waals surface area contributed by atoms with Gasteiger partial charge in [0.2, 0.25) is 0 Å². The first-order chi connectivity index (χ1) is 5.36. The molecule has 0 amide bonds. The largest absolute Gasteiger partial charge is 0.387 e. The Morgan fingerprint density at radius 1 is 1.18 bits per heavy atom. The quantitative estimate of drug-likeness (QED) is 0.563. The zero-order valence-electron chi connectivity index (χ0n) is 6.92. The van der Waals surface area contributed by atoms with E-state index in [-0.39, 0.29) is 0 Å². The van der Waals surface area contributed by atoms with Crippen molar-refractivity contribution < 1.29 is 0 Å². The Balaban J connectivity index is 2.07. The highest BCUT2D eigenvalue weighted by molar-refractivity contribution is 5.81. The molecule has 2 heteroatoms. The van der Waals surface area contributed by atoms with Crippen LogP contribution in [0.2, 0.25) is 0 Å². The van der Waals surface area contributed by atoms with E-state index >= 15 is 0 Å². The minimum atomic E-state index is 0.595. The molecular weight excluding hydrogens is 136 g/mol. The van der Waals surface area contributed by atoms with Crippen LogP contribution in [0.3, 0.4) is 0 Å². The average molecular weight is 152 g/mol. The molecule has 1 heterocycles. The van der Waals surface area contributed by atoms with Gasteiger partial charge < -0.3 is 5.73 Å². The van der Waals surface area contributed by atoms with Gasteiger partial charge in [0, 0.05) is 6.42 Å². The lowest BCUT2D eigenvalue weighted by Crippen LogP contribution is -2.31. The first-order valence-corrected chi connectivity index (χ1v) is 4.68. The van der Waals surface area contributed by atoms with Crippen LogP contribution in [-0.2, 0) is 0 Å². The average Bonchev–Trinajstić information content (AvgIpc) is 2.04. The smallest absolute Gasteiger partial charge is 0.0940 e. The summed E-state index contributed by atoms with van der Waals surface area (Å²) in [7, 11) is 0. The van der Waals surface area contributed by atoms with Gasteiger partial charge >= 0.3 is 0 Å². The molecule has 2 N–H and O–H groups in total. The summed E-state index contributed by atoms with van der Waals surface area (Å²) in [6.07, 6.45) is 7.78. The molecule has 0 aromatic carbocycles. The van der Waals surface area contributed by atoms with Crippen molar-refractivity contribution in [3.05, 3.63) is 0 Å². The van der Waals surface area contributed by atoms with Crippen molar-refractivity contribution in [3.63, 3.8) is 0 Å². The maximum Gasteiger partial charge on any atom is 0.0940 e. The number of aliphatic imine (C=N–C) groups is 1. The first-order valence-electron chi connectivity index (χ1n) is 4.68. The van der Waals surface area contributed by atoms with Crippen LogP contribution in [-0.4, -0.2) is 11.9 Å². The van der Waals surface area contributed by atoms with Crippen molar-refractivity contribution in [2.75, 3.05) is 0 Å². The summed E-state index contributed by atoms with van der Waals surface area (Å²) < 4.78 is 0. The van der Waals surface area contributed by atoms with Crippen molar-refractivity contribution in [2.45, 2.75) is 44.6 Å². The van der Waals surface area contributed by atoms with Gasteiger partial charge in [-0.25, -0.2) is 0 Å². The fourth-order valence-corrected chi connectivity index (χ4v) is 2.31. The van der Waals surface area contributed by atoms with Crippen molar-refractivity contribution in [3.8, 4) is 0 Å². The van der Waals surface area contributed by atoms with Crippen molar-refractivity contribution >= 4 is 5.84 Å². The third-order valence-electron chi connectivity index (χ3n) is 2.97. The molecule has 0 spiro atoms. The summed E-state index contributed by atoms with van der Waals surface area (Å²) in [4.78, 5) is 4.50. The Hall–Kier alpha value is -0.530. The van der Waals surface area contributed by atoms with Gasteiger partial charge in [-0.3, -0.25) is 4.99 Å². The summed E-state index contributed by atoms with van der Waals surface area (Å²) >= 11 is 0. The second-order valence-corrected chi connectivity index (χ2v) is 3.77. The van der Waals surface area contributed by atoms with E-state index in [2.05, 4.69) is 4.99 Å². The van der Waals surface area contributed by atoms with Crippen molar-refractivity contribution in [2.24, 2.45) is 16.6 Å². The third-order valence-corrected chi connectivity index (χ3v) is 2.97. The van der Waals surface area contributed by atoms with Crippen LogP contribution in [0.4, 0.5) is 0 Å². The summed E-state index contributed by atoms with van der Waals surface area (Å²) in [6.45, 7) is 0. The van der Waals surface area contributed by atoms with E-state index in [4.69, 9.17) is 5.73 Å². The fourth-order valence-electron chi connectivity index (χ4n) is 2.31. The molecule has 0 aromatic heterocycles. The molecule has 2 atom stereocenters. The number of hydrogen-bond donors (Lipinski definition) is 1. The highest BCUT2D eigenvalue weighted by Gasteiger charge is 2.27. The second kappa shape index (κ2) is 2.84. The molecule has 2 rings (SSSR count). The number of fused-ring (bicyclic) bond motifs is 1. The van der Waals surface area contributed by atoms with Gasteiger partial charge in [0.15, 0.2) is 0 Å². The molecule has 1 fully saturated rings. The number of nitrogens with zero attached hydrogens (tertiary/aromatic N) is 1. The second-order valence-electron chi connectivity index (χ2n) is 3.77. The van der Waals surface area contributed by atoms with E-state index in [1.54, 1.807) is 0 Å². The van der Waals surface area contributed by atoms with Crippen LogP contribution < -0.4 is 5.73 Å². The summed E-state index contributed by atoms with van der Waals surface area (Å²) in [5.41, 5.74) is 5.69. The number of nitrogens with two attached hydrogens (primary N) is 1. The van der Waals surface area contributed by atoms with Crippen LogP contribution in [0.1, 0.15) is 38.5 Å². The lowest BCUT2D eigenvalue weighted by Gasteiger charge is -2.32. The third kappa shape index (κ3) is 1.39. The van der Waals surface area contributed by atoms with Gasteiger partial charge in [-0.2, -0.15) is 0 Å². The Labute approximate surface area is 67.9 Å². The summed E-state index contributed by atoms with van der Waals surface area (Å²) in [5.74, 6) is 1.77.